The number of para-hydroxylation sites is 1. The van der Waals surface area contributed by atoms with Gasteiger partial charge in [0.05, 0.1) is 5.69 Å². The minimum atomic E-state index is -0.243. The Morgan fingerprint density at radius 1 is 1.29 bits per heavy atom. The zero-order chi connectivity index (χ0) is 14.8. The Kier molecular flexibility index (Phi) is 3.84. The molecule has 1 aliphatic rings. The molecule has 0 bridgehead atoms. The molecule has 0 unspecified atom stereocenters. The smallest absolute Gasteiger partial charge is 0.324 e. The maximum atomic E-state index is 12.7. The average Bonchev–Trinajstić information content (AvgIpc) is 2.65. The van der Waals surface area contributed by atoms with Gasteiger partial charge in [-0.05, 0) is 24.6 Å². The summed E-state index contributed by atoms with van der Waals surface area (Å²) in [4.78, 5) is 15.5. The van der Waals surface area contributed by atoms with Crippen molar-refractivity contribution >= 4 is 23.4 Å². The molecule has 0 spiro atoms. The first-order chi connectivity index (χ1) is 10.2. The second kappa shape index (κ2) is 5.77. The van der Waals surface area contributed by atoms with E-state index in [1.165, 1.54) is 6.20 Å². The van der Waals surface area contributed by atoms with Crippen LogP contribution in [0, 0.1) is 5.21 Å². The Morgan fingerprint density at radius 3 is 2.86 bits per heavy atom. The van der Waals surface area contributed by atoms with Gasteiger partial charge >= 0.3 is 5.91 Å². The molecule has 1 atom stereocenters. The molecule has 0 saturated heterocycles. The number of carbonyl (C=O) groups is 1. The van der Waals surface area contributed by atoms with Crippen LogP contribution in [0.4, 0.5) is 5.69 Å². The van der Waals surface area contributed by atoms with Crippen molar-refractivity contribution in [1.82, 2.24) is 0 Å². The van der Waals surface area contributed by atoms with Crippen LogP contribution in [0.15, 0.2) is 53.6 Å². The van der Waals surface area contributed by atoms with E-state index in [0.717, 1.165) is 17.0 Å². The second-order valence-electron chi connectivity index (χ2n) is 5.05. The highest BCUT2D eigenvalue weighted by molar-refractivity contribution is 8.00. The molecular weight excluding hydrogens is 284 g/mol. The number of pyridine rings is 1. The molecular formula is C16H16N2O2S. The van der Waals surface area contributed by atoms with E-state index >= 15 is 0 Å². The van der Waals surface area contributed by atoms with Gasteiger partial charge < -0.3 is 10.1 Å². The summed E-state index contributed by atoms with van der Waals surface area (Å²) < 4.78 is 0.631. The molecule has 2 heterocycles. The number of hydrogen-bond donors (Lipinski definition) is 0. The van der Waals surface area contributed by atoms with Gasteiger partial charge in [0.2, 0.25) is 0 Å². The normalized spacial score (nSPS) is 18.0. The van der Waals surface area contributed by atoms with Crippen molar-refractivity contribution in [3.8, 4) is 0 Å². The van der Waals surface area contributed by atoms with Crippen LogP contribution in [0.1, 0.15) is 23.8 Å². The van der Waals surface area contributed by atoms with Gasteiger partial charge in [-0.1, -0.05) is 19.1 Å². The predicted octanol–water partition coefficient (Wildman–Crippen LogP) is 2.85. The Labute approximate surface area is 128 Å². The van der Waals surface area contributed by atoms with Crippen LogP contribution < -0.4 is 9.63 Å². The fourth-order valence-electron chi connectivity index (χ4n) is 2.43. The fourth-order valence-corrected chi connectivity index (χ4v) is 3.54. The average molecular weight is 300 g/mol. The zero-order valence-electron chi connectivity index (χ0n) is 11.7. The molecule has 0 fully saturated rings. The van der Waals surface area contributed by atoms with E-state index in [4.69, 9.17) is 0 Å². The fraction of sp³-hybridized carbons (Fsp3) is 0.250. The minimum Gasteiger partial charge on any atom is -0.618 e. The lowest BCUT2D eigenvalue weighted by atomic mass is 10.2. The van der Waals surface area contributed by atoms with Crippen LogP contribution in [0.3, 0.4) is 0 Å². The third-order valence-electron chi connectivity index (χ3n) is 3.53. The molecule has 1 aromatic carbocycles. The number of carbonyl (C=O) groups excluding carboxylic acids is 1. The van der Waals surface area contributed by atoms with Gasteiger partial charge in [-0.15, -0.1) is 11.8 Å². The predicted molar refractivity (Wildman–Crippen MR) is 83.5 cm³/mol. The number of aromatic nitrogens is 1. The van der Waals surface area contributed by atoms with Crippen LogP contribution in [0.25, 0.3) is 0 Å². The van der Waals surface area contributed by atoms with Crippen molar-refractivity contribution in [3.63, 3.8) is 0 Å². The van der Waals surface area contributed by atoms with E-state index in [1.807, 2.05) is 24.3 Å². The summed E-state index contributed by atoms with van der Waals surface area (Å²) in [7, 11) is 0. The second-order valence-corrected chi connectivity index (χ2v) is 6.53. The van der Waals surface area contributed by atoms with E-state index in [1.54, 1.807) is 34.9 Å². The lowest BCUT2D eigenvalue weighted by molar-refractivity contribution is -0.607. The largest absolute Gasteiger partial charge is 0.618 e. The molecule has 0 saturated carbocycles. The van der Waals surface area contributed by atoms with Crippen molar-refractivity contribution in [1.29, 1.82) is 0 Å². The number of fused-ring (bicyclic) bond motifs is 1. The van der Waals surface area contributed by atoms with Gasteiger partial charge in [-0.3, -0.25) is 4.79 Å². The molecule has 21 heavy (non-hydrogen) atoms. The monoisotopic (exact) mass is 300 g/mol. The van der Waals surface area contributed by atoms with E-state index in [-0.39, 0.29) is 11.6 Å². The molecule has 0 aliphatic carbocycles. The Hall–Kier alpha value is -2.01. The summed E-state index contributed by atoms with van der Waals surface area (Å²) in [6, 6.07) is 12.8. The summed E-state index contributed by atoms with van der Waals surface area (Å²) in [5.41, 5.74) is 1.05. The topological polar surface area (TPSA) is 47.2 Å². The van der Waals surface area contributed by atoms with Crippen LogP contribution in [-0.4, -0.2) is 17.7 Å². The van der Waals surface area contributed by atoms with E-state index < -0.39 is 0 Å². The molecule has 108 valence electrons. The molecule has 0 radical (unpaired) electrons. The van der Waals surface area contributed by atoms with Crippen LogP contribution in [0.5, 0.6) is 0 Å². The number of thioether (sulfide) groups is 1. The highest BCUT2D eigenvalue weighted by atomic mass is 32.2. The van der Waals surface area contributed by atoms with Gasteiger partial charge in [0, 0.05) is 28.8 Å². The molecule has 3 rings (SSSR count). The lowest BCUT2D eigenvalue weighted by Gasteiger charge is -2.21. The molecule has 1 amide bonds. The van der Waals surface area contributed by atoms with Crippen LogP contribution >= 0.6 is 11.8 Å². The third-order valence-corrected chi connectivity index (χ3v) is 4.77. The first-order valence-electron chi connectivity index (χ1n) is 6.92. The first-order valence-corrected chi connectivity index (χ1v) is 7.80. The minimum absolute atomic E-state index is 0.159. The van der Waals surface area contributed by atoms with Gasteiger partial charge in [0.25, 0.3) is 5.69 Å². The number of amides is 1. The standard InChI is InChI=1S/C16H16N2O2S/c1-12-9-11-17(13-6-2-3-8-15(13)21-12)16(19)14-7-4-5-10-18(14)20/h2-8,10,12H,9,11H2,1H3/t12-/m1/s1. The summed E-state index contributed by atoms with van der Waals surface area (Å²) in [5, 5.41) is 12.3. The molecule has 2 aromatic rings. The van der Waals surface area contributed by atoms with Crippen molar-refractivity contribution in [2.24, 2.45) is 0 Å². The SMILES string of the molecule is C[C@@H]1CCN(C(=O)c2cccc[n+]2[O-])c2ccccc2S1. The van der Waals surface area contributed by atoms with E-state index in [2.05, 4.69) is 6.92 Å². The quantitative estimate of drug-likeness (QED) is 0.601. The summed E-state index contributed by atoms with van der Waals surface area (Å²) >= 11 is 1.77. The van der Waals surface area contributed by atoms with Gasteiger partial charge in [0.1, 0.15) is 0 Å². The van der Waals surface area contributed by atoms with E-state index in [9.17, 15) is 10.0 Å². The first kappa shape index (κ1) is 13.9. The van der Waals surface area contributed by atoms with Crippen LogP contribution in [-0.2, 0) is 0 Å². The number of rotatable bonds is 1. The Balaban J connectivity index is 2.02. The number of nitrogens with zero attached hydrogens (tertiary/aromatic N) is 2. The summed E-state index contributed by atoms with van der Waals surface area (Å²) in [6.07, 6.45) is 2.26. The molecule has 1 aromatic heterocycles. The Morgan fingerprint density at radius 2 is 2.05 bits per heavy atom. The number of benzene rings is 1. The van der Waals surface area contributed by atoms with Crippen molar-refractivity contribution < 1.29 is 9.52 Å². The Bertz CT molecular complexity index is 675. The van der Waals surface area contributed by atoms with Gasteiger partial charge in [-0.25, -0.2) is 0 Å². The number of hydrogen-bond acceptors (Lipinski definition) is 3. The molecule has 4 nitrogen and oxygen atoms in total. The zero-order valence-corrected chi connectivity index (χ0v) is 12.5. The molecule has 1 aliphatic heterocycles. The van der Waals surface area contributed by atoms with Gasteiger partial charge in [0.15, 0.2) is 6.20 Å². The van der Waals surface area contributed by atoms with Crippen molar-refractivity contribution in [2.75, 3.05) is 11.4 Å². The lowest BCUT2D eigenvalue weighted by Crippen LogP contribution is -2.42. The molecule has 0 N–H and O–H groups in total. The number of anilines is 1. The van der Waals surface area contributed by atoms with Crippen LogP contribution in [0.2, 0.25) is 0 Å². The maximum absolute atomic E-state index is 12.7. The van der Waals surface area contributed by atoms with Crippen molar-refractivity contribution in [3.05, 3.63) is 59.6 Å². The third kappa shape index (κ3) is 2.74. The highest BCUT2D eigenvalue weighted by Gasteiger charge is 2.28. The van der Waals surface area contributed by atoms with Crippen molar-refractivity contribution in [2.45, 2.75) is 23.5 Å². The maximum Gasteiger partial charge on any atom is 0.324 e. The highest BCUT2D eigenvalue weighted by Crippen LogP contribution is 2.37. The summed E-state index contributed by atoms with van der Waals surface area (Å²) in [5.74, 6) is -0.243. The van der Waals surface area contributed by atoms with Gasteiger partial charge in [-0.2, -0.15) is 4.73 Å². The van der Waals surface area contributed by atoms with E-state index in [0.29, 0.717) is 16.5 Å². The molecule has 5 heteroatoms. The summed E-state index contributed by atoms with van der Waals surface area (Å²) in [6.45, 7) is 2.78.